The van der Waals surface area contributed by atoms with E-state index in [1.165, 1.54) is 6.42 Å². The fraction of sp³-hybridized carbons (Fsp3) is 0.571. The van der Waals surface area contributed by atoms with Gasteiger partial charge in [0.2, 0.25) is 0 Å². The van der Waals surface area contributed by atoms with Gasteiger partial charge in [-0.1, -0.05) is 13.0 Å². The maximum Gasteiger partial charge on any atom is 0.270 e. The third kappa shape index (κ3) is 3.92. The summed E-state index contributed by atoms with van der Waals surface area (Å²) in [5.74, 6) is 0.256. The average molecular weight is 262 g/mol. The molecule has 1 aliphatic rings. The van der Waals surface area contributed by atoms with Crippen LogP contribution in [0.15, 0.2) is 18.2 Å². The van der Waals surface area contributed by atoms with E-state index in [0.29, 0.717) is 11.5 Å². The maximum atomic E-state index is 12.0. The summed E-state index contributed by atoms with van der Waals surface area (Å²) >= 11 is 0. The van der Waals surface area contributed by atoms with Gasteiger partial charge in [-0.25, -0.2) is 4.98 Å². The lowest BCUT2D eigenvalue weighted by Gasteiger charge is -2.31. The number of carbonyl (C=O) groups excluding carboxylic acids is 1. The fourth-order valence-corrected chi connectivity index (χ4v) is 2.45. The van der Waals surface area contributed by atoms with Crippen molar-refractivity contribution in [3.05, 3.63) is 23.9 Å². The largest absolute Gasteiger partial charge is 0.384 e. The van der Waals surface area contributed by atoms with Crippen molar-refractivity contribution >= 4 is 11.7 Å². The number of hydrogen-bond acceptors (Lipinski definition) is 4. The van der Waals surface area contributed by atoms with Crippen molar-refractivity contribution in [1.29, 1.82) is 0 Å². The van der Waals surface area contributed by atoms with Crippen LogP contribution in [0.3, 0.4) is 0 Å². The van der Waals surface area contributed by atoms with Crippen LogP contribution in [0.1, 0.15) is 36.7 Å². The van der Waals surface area contributed by atoms with E-state index in [-0.39, 0.29) is 11.9 Å². The molecular formula is C14H22N4O. The van der Waals surface area contributed by atoms with E-state index in [4.69, 9.17) is 5.73 Å². The summed E-state index contributed by atoms with van der Waals surface area (Å²) in [6.07, 6.45) is 3.20. The van der Waals surface area contributed by atoms with Gasteiger partial charge >= 0.3 is 0 Å². The Morgan fingerprint density at radius 3 is 2.84 bits per heavy atom. The second-order valence-corrected chi connectivity index (χ2v) is 5.04. The molecule has 1 amide bonds. The monoisotopic (exact) mass is 262 g/mol. The summed E-state index contributed by atoms with van der Waals surface area (Å²) in [5.41, 5.74) is 5.98. The highest BCUT2D eigenvalue weighted by Crippen LogP contribution is 2.11. The van der Waals surface area contributed by atoms with Crippen LogP contribution in [-0.2, 0) is 0 Å². The smallest absolute Gasteiger partial charge is 0.270 e. The number of amides is 1. The summed E-state index contributed by atoms with van der Waals surface area (Å²) in [5, 5.41) is 3.04. The molecule has 1 aliphatic heterocycles. The molecule has 1 aromatic heterocycles. The van der Waals surface area contributed by atoms with E-state index in [1.54, 1.807) is 18.2 Å². The number of hydrogen-bond donors (Lipinski definition) is 2. The minimum atomic E-state index is -0.124. The van der Waals surface area contributed by atoms with Crippen LogP contribution in [0.4, 0.5) is 5.82 Å². The van der Waals surface area contributed by atoms with Crippen LogP contribution in [-0.4, -0.2) is 41.5 Å². The summed E-state index contributed by atoms with van der Waals surface area (Å²) < 4.78 is 0. The Balaban J connectivity index is 1.84. The number of nitrogens with two attached hydrogens (primary N) is 1. The van der Waals surface area contributed by atoms with Crippen molar-refractivity contribution < 1.29 is 4.79 Å². The molecule has 0 bridgehead atoms. The molecule has 0 saturated carbocycles. The summed E-state index contributed by atoms with van der Waals surface area (Å²) in [6.45, 7) is 5.46. The Kier molecular flexibility index (Phi) is 4.74. The first-order valence-corrected chi connectivity index (χ1v) is 6.94. The zero-order valence-corrected chi connectivity index (χ0v) is 11.4. The van der Waals surface area contributed by atoms with Crippen molar-refractivity contribution in [2.45, 2.75) is 32.2 Å². The summed E-state index contributed by atoms with van der Waals surface area (Å²) in [6, 6.07) is 5.38. The number of nitrogen functional groups attached to an aromatic ring is 1. The highest BCUT2D eigenvalue weighted by atomic mass is 16.1. The lowest BCUT2D eigenvalue weighted by atomic mass is 10.0. The number of aromatic nitrogens is 1. The van der Waals surface area contributed by atoms with Crippen LogP contribution in [0.25, 0.3) is 0 Å². The highest BCUT2D eigenvalue weighted by Gasteiger charge is 2.20. The summed E-state index contributed by atoms with van der Waals surface area (Å²) in [7, 11) is 0. The Hall–Kier alpha value is -1.62. The molecule has 1 fully saturated rings. The molecule has 0 atom stereocenters. The van der Waals surface area contributed by atoms with Gasteiger partial charge in [0.1, 0.15) is 11.5 Å². The van der Waals surface area contributed by atoms with Gasteiger partial charge in [-0.2, -0.15) is 0 Å². The predicted octanol–water partition coefficient (Wildman–Crippen LogP) is 1.27. The minimum absolute atomic E-state index is 0.124. The number of nitrogens with zero attached hydrogens (tertiary/aromatic N) is 2. The van der Waals surface area contributed by atoms with Crippen molar-refractivity contribution in [2.75, 3.05) is 25.4 Å². The molecule has 3 N–H and O–H groups in total. The van der Waals surface area contributed by atoms with E-state index in [1.807, 2.05) is 0 Å². The summed E-state index contributed by atoms with van der Waals surface area (Å²) in [4.78, 5) is 18.5. The molecule has 1 saturated heterocycles. The molecule has 5 nitrogen and oxygen atoms in total. The fourth-order valence-electron chi connectivity index (χ4n) is 2.45. The van der Waals surface area contributed by atoms with Gasteiger partial charge < -0.3 is 16.0 Å². The number of anilines is 1. The Bertz CT molecular complexity index is 427. The number of carbonyl (C=O) groups is 1. The molecule has 0 spiro atoms. The Morgan fingerprint density at radius 2 is 2.21 bits per heavy atom. The minimum Gasteiger partial charge on any atom is -0.384 e. The zero-order valence-electron chi connectivity index (χ0n) is 11.4. The van der Waals surface area contributed by atoms with Crippen molar-refractivity contribution in [3.63, 3.8) is 0 Å². The van der Waals surface area contributed by atoms with E-state index >= 15 is 0 Å². The quantitative estimate of drug-likeness (QED) is 0.857. The molecule has 0 radical (unpaired) electrons. The van der Waals surface area contributed by atoms with Crippen LogP contribution in [0, 0.1) is 0 Å². The topological polar surface area (TPSA) is 71.2 Å². The molecular weight excluding hydrogens is 240 g/mol. The predicted molar refractivity (Wildman–Crippen MR) is 75.9 cm³/mol. The normalized spacial score (nSPS) is 17.3. The molecule has 1 aromatic rings. The third-order valence-electron chi connectivity index (χ3n) is 3.47. The third-order valence-corrected chi connectivity index (χ3v) is 3.47. The van der Waals surface area contributed by atoms with Gasteiger partial charge in [-0.15, -0.1) is 0 Å². The molecule has 0 aromatic carbocycles. The van der Waals surface area contributed by atoms with Gasteiger partial charge in [0, 0.05) is 19.1 Å². The first-order chi connectivity index (χ1) is 9.19. The van der Waals surface area contributed by atoms with Crippen molar-refractivity contribution in [2.24, 2.45) is 0 Å². The van der Waals surface area contributed by atoms with Gasteiger partial charge in [0.05, 0.1) is 0 Å². The zero-order chi connectivity index (χ0) is 13.7. The van der Waals surface area contributed by atoms with Crippen molar-refractivity contribution in [3.8, 4) is 0 Å². The highest BCUT2D eigenvalue weighted by molar-refractivity contribution is 5.92. The van der Waals surface area contributed by atoms with Gasteiger partial charge in [0.15, 0.2) is 0 Å². The van der Waals surface area contributed by atoms with Crippen molar-refractivity contribution in [1.82, 2.24) is 15.2 Å². The van der Waals surface area contributed by atoms with Crippen LogP contribution < -0.4 is 11.1 Å². The van der Waals surface area contributed by atoms with Crippen LogP contribution >= 0.6 is 0 Å². The van der Waals surface area contributed by atoms with Gasteiger partial charge in [-0.3, -0.25) is 4.79 Å². The molecule has 5 heteroatoms. The van der Waals surface area contributed by atoms with E-state index < -0.39 is 0 Å². The van der Waals surface area contributed by atoms with Crippen LogP contribution in [0.2, 0.25) is 0 Å². The Labute approximate surface area is 114 Å². The first kappa shape index (κ1) is 13.8. The SMILES string of the molecule is CCCN1CCC(NC(=O)c2cccc(N)n2)CC1. The molecule has 2 heterocycles. The average Bonchev–Trinajstić information content (AvgIpc) is 2.41. The maximum absolute atomic E-state index is 12.0. The molecule has 2 rings (SSSR count). The van der Waals surface area contributed by atoms with E-state index in [9.17, 15) is 4.79 Å². The Morgan fingerprint density at radius 1 is 1.47 bits per heavy atom. The standard InChI is InChI=1S/C14H22N4O/c1-2-8-18-9-6-11(7-10-18)16-14(19)12-4-3-5-13(15)17-12/h3-5,11H,2,6-10H2,1H3,(H2,15,17)(H,16,19). The molecule has 104 valence electrons. The second kappa shape index (κ2) is 6.52. The number of likely N-dealkylation sites (tertiary alicyclic amines) is 1. The van der Waals surface area contributed by atoms with Gasteiger partial charge in [0.25, 0.3) is 5.91 Å². The molecule has 0 unspecified atom stereocenters. The lowest BCUT2D eigenvalue weighted by Crippen LogP contribution is -2.44. The molecule has 0 aliphatic carbocycles. The number of nitrogens with one attached hydrogen (secondary N) is 1. The van der Waals surface area contributed by atoms with E-state index in [0.717, 1.165) is 32.5 Å². The van der Waals surface area contributed by atoms with Crippen LogP contribution in [0.5, 0.6) is 0 Å². The first-order valence-electron chi connectivity index (χ1n) is 6.94. The lowest BCUT2D eigenvalue weighted by molar-refractivity contribution is 0.0906. The molecule has 19 heavy (non-hydrogen) atoms. The van der Waals surface area contributed by atoms with Gasteiger partial charge in [-0.05, 0) is 37.9 Å². The number of pyridine rings is 1. The van der Waals surface area contributed by atoms with E-state index in [2.05, 4.69) is 22.1 Å². The number of rotatable bonds is 4. The second-order valence-electron chi connectivity index (χ2n) is 5.04. The number of piperidine rings is 1.